The van der Waals surface area contributed by atoms with Gasteiger partial charge in [0.25, 0.3) is 0 Å². The Morgan fingerprint density at radius 2 is 1.93 bits per heavy atom. The Morgan fingerprint density at radius 3 is 2.47 bits per heavy atom. The van der Waals surface area contributed by atoms with E-state index in [4.69, 9.17) is 0 Å². The van der Waals surface area contributed by atoms with Gasteiger partial charge in [-0.3, -0.25) is 0 Å². The fourth-order valence-electron chi connectivity index (χ4n) is 2.31. The Bertz CT molecular complexity index is 196. The summed E-state index contributed by atoms with van der Waals surface area (Å²) in [4.78, 5) is 13.7. The van der Waals surface area contributed by atoms with E-state index in [-0.39, 0.29) is 6.03 Å². The van der Waals surface area contributed by atoms with Crippen molar-refractivity contribution in [2.75, 3.05) is 19.6 Å². The molecule has 0 saturated carbocycles. The van der Waals surface area contributed by atoms with Crippen molar-refractivity contribution in [3.63, 3.8) is 0 Å². The first kappa shape index (κ1) is 12.3. The van der Waals surface area contributed by atoms with Crippen LogP contribution in [0, 0.1) is 11.8 Å². The number of rotatable bonds is 3. The smallest absolute Gasteiger partial charge is 0.317 e. The molecule has 0 radical (unpaired) electrons. The molecule has 88 valence electrons. The molecule has 1 fully saturated rings. The maximum atomic E-state index is 11.8. The molecule has 1 aliphatic heterocycles. The Kier molecular flexibility index (Phi) is 4.92. The third-order valence-corrected chi connectivity index (χ3v) is 2.96. The minimum absolute atomic E-state index is 0.127. The number of carbonyl (C=O) groups is 1. The van der Waals surface area contributed by atoms with Gasteiger partial charge in [-0.25, -0.2) is 4.79 Å². The summed E-state index contributed by atoms with van der Waals surface area (Å²) in [6, 6.07) is 0.127. The van der Waals surface area contributed by atoms with Gasteiger partial charge in [-0.05, 0) is 24.7 Å². The molecule has 15 heavy (non-hydrogen) atoms. The van der Waals surface area contributed by atoms with E-state index in [9.17, 15) is 4.79 Å². The van der Waals surface area contributed by atoms with Gasteiger partial charge >= 0.3 is 6.03 Å². The lowest BCUT2D eigenvalue weighted by Gasteiger charge is -2.34. The van der Waals surface area contributed by atoms with E-state index < -0.39 is 0 Å². The standard InChI is InChI=1S/C12H24N2O/c1-4-5-6-13-12(15)14-8-10(2)7-11(3)9-14/h10-11H,4-9H2,1-3H3,(H,13,15)/t10-,11-/m0/s1. The van der Waals surface area contributed by atoms with Gasteiger partial charge in [0, 0.05) is 19.6 Å². The molecule has 2 amide bonds. The lowest BCUT2D eigenvalue weighted by molar-refractivity contribution is 0.146. The average molecular weight is 212 g/mol. The highest BCUT2D eigenvalue weighted by Gasteiger charge is 2.24. The molecule has 3 heteroatoms. The van der Waals surface area contributed by atoms with Crippen LogP contribution in [0.2, 0.25) is 0 Å². The van der Waals surface area contributed by atoms with Gasteiger partial charge in [0.15, 0.2) is 0 Å². The van der Waals surface area contributed by atoms with Crippen LogP contribution in [0.5, 0.6) is 0 Å². The largest absolute Gasteiger partial charge is 0.338 e. The summed E-state index contributed by atoms with van der Waals surface area (Å²) in [5.74, 6) is 1.29. The average Bonchev–Trinajstić information content (AvgIpc) is 2.16. The number of hydrogen-bond acceptors (Lipinski definition) is 1. The van der Waals surface area contributed by atoms with E-state index in [2.05, 4.69) is 26.1 Å². The Labute approximate surface area is 93.2 Å². The number of carbonyl (C=O) groups excluding carboxylic acids is 1. The number of amides is 2. The molecule has 0 spiro atoms. The van der Waals surface area contributed by atoms with Crippen molar-refractivity contribution in [1.82, 2.24) is 10.2 Å². The zero-order valence-electron chi connectivity index (χ0n) is 10.3. The van der Waals surface area contributed by atoms with Gasteiger partial charge in [0.2, 0.25) is 0 Å². The highest BCUT2D eigenvalue weighted by atomic mass is 16.2. The minimum atomic E-state index is 0.127. The summed E-state index contributed by atoms with van der Waals surface area (Å²) >= 11 is 0. The number of likely N-dealkylation sites (tertiary alicyclic amines) is 1. The van der Waals surface area contributed by atoms with Crippen molar-refractivity contribution in [2.45, 2.75) is 40.0 Å². The van der Waals surface area contributed by atoms with Crippen molar-refractivity contribution in [3.8, 4) is 0 Å². The number of nitrogens with one attached hydrogen (secondary N) is 1. The third kappa shape index (κ3) is 4.10. The van der Waals surface area contributed by atoms with Crippen LogP contribution in [0.3, 0.4) is 0 Å². The second-order valence-electron chi connectivity index (χ2n) is 4.94. The molecule has 1 N–H and O–H groups in total. The molecule has 0 unspecified atom stereocenters. The third-order valence-electron chi connectivity index (χ3n) is 2.96. The lowest BCUT2D eigenvalue weighted by atomic mass is 9.92. The molecule has 0 aliphatic carbocycles. The van der Waals surface area contributed by atoms with Crippen molar-refractivity contribution in [3.05, 3.63) is 0 Å². The number of unbranched alkanes of at least 4 members (excludes halogenated alkanes) is 1. The second kappa shape index (κ2) is 5.99. The van der Waals surface area contributed by atoms with Gasteiger partial charge in [0.1, 0.15) is 0 Å². The predicted molar refractivity (Wildman–Crippen MR) is 62.8 cm³/mol. The van der Waals surface area contributed by atoms with Gasteiger partial charge in [-0.2, -0.15) is 0 Å². The number of piperidine rings is 1. The molecule has 1 rings (SSSR count). The Hall–Kier alpha value is -0.730. The predicted octanol–water partition coefficient (Wildman–Crippen LogP) is 2.47. The van der Waals surface area contributed by atoms with E-state index in [1.54, 1.807) is 0 Å². The van der Waals surface area contributed by atoms with E-state index in [1.165, 1.54) is 6.42 Å². The highest BCUT2D eigenvalue weighted by Crippen LogP contribution is 2.20. The molecule has 3 nitrogen and oxygen atoms in total. The first-order valence-electron chi connectivity index (χ1n) is 6.16. The van der Waals surface area contributed by atoms with Gasteiger partial charge < -0.3 is 10.2 Å². The van der Waals surface area contributed by atoms with Crippen molar-refractivity contribution >= 4 is 6.03 Å². The van der Waals surface area contributed by atoms with E-state index in [0.717, 1.165) is 32.5 Å². The lowest BCUT2D eigenvalue weighted by Crippen LogP contribution is -2.47. The van der Waals surface area contributed by atoms with Crippen LogP contribution in [0.1, 0.15) is 40.0 Å². The molecule has 1 aliphatic rings. The SMILES string of the molecule is CCCCNC(=O)N1C[C@@H](C)C[C@H](C)C1. The quantitative estimate of drug-likeness (QED) is 0.716. The molecule has 0 bridgehead atoms. The Morgan fingerprint density at radius 1 is 1.33 bits per heavy atom. The zero-order valence-corrected chi connectivity index (χ0v) is 10.3. The minimum Gasteiger partial charge on any atom is -0.338 e. The maximum absolute atomic E-state index is 11.8. The molecular weight excluding hydrogens is 188 g/mol. The normalized spacial score (nSPS) is 26.5. The molecular formula is C12H24N2O. The fraction of sp³-hybridized carbons (Fsp3) is 0.917. The van der Waals surface area contributed by atoms with E-state index in [1.807, 2.05) is 4.90 Å². The summed E-state index contributed by atoms with van der Waals surface area (Å²) in [7, 11) is 0. The van der Waals surface area contributed by atoms with Crippen LogP contribution in [0.4, 0.5) is 4.79 Å². The van der Waals surface area contributed by atoms with Crippen molar-refractivity contribution < 1.29 is 4.79 Å². The molecule has 1 saturated heterocycles. The summed E-state index contributed by atoms with van der Waals surface area (Å²) in [5, 5.41) is 2.98. The zero-order chi connectivity index (χ0) is 11.3. The molecule has 0 aromatic heterocycles. The molecule has 0 aromatic rings. The van der Waals surface area contributed by atoms with E-state index in [0.29, 0.717) is 11.8 Å². The maximum Gasteiger partial charge on any atom is 0.317 e. The van der Waals surface area contributed by atoms with Gasteiger partial charge in [-0.15, -0.1) is 0 Å². The molecule has 2 atom stereocenters. The monoisotopic (exact) mass is 212 g/mol. The van der Waals surface area contributed by atoms with E-state index >= 15 is 0 Å². The first-order chi connectivity index (χ1) is 7.13. The first-order valence-corrected chi connectivity index (χ1v) is 6.16. The second-order valence-corrected chi connectivity index (χ2v) is 4.94. The summed E-state index contributed by atoms with van der Waals surface area (Å²) in [6.07, 6.45) is 3.45. The molecule has 0 aromatic carbocycles. The summed E-state index contributed by atoms with van der Waals surface area (Å²) in [6.45, 7) is 9.24. The van der Waals surface area contributed by atoms with Crippen LogP contribution in [-0.4, -0.2) is 30.6 Å². The highest BCUT2D eigenvalue weighted by molar-refractivity contribution is 5.74. The van der Waals surface area contributed by atoms with Crippen molar-refractivity contribution in [2.24, 2.45) is 11.8 Å². The summed E-state index contributed by atoms with van der Waals surface area (Å²) in [5.41, 5.74) is 0. The number of hydrogen-bond donors (Lipinski definition) is 1. The Balaban J connectivity index is 2.31. The number of urea groups is 1. The summed E-state index contributed by atoms with van der Waals surface area (Å²) < 4.78 is 0. The van der Waals surface area contributed by atoms with Crippen LogP contribution >= 0.6 is 0 Å². The van der Waals surface area contributed by atoms with Gasteiger partial charge in [-0.1, -0.05) is 27.2 Å². The fourth-order valence-corrected chi connectivity index (χ4v) is 2.31. The topological polar surface area (TPSA) is 32.3 Å². The van der Waals surface area contributed by atoms with Crippen LogP contribution < -0.4 is 5.32 Å². The van der Waals surface area contributed by atoms with Crippen molar-refractivity contribution in [1.29, 1.82) is 0 Å². The van der Waals surface area contributed by atoms with Crippen LogP contribution in [-0.2, 0) is 0 Å². The van der Waals surface area contributed by atoms with Gasteiger partial charge in [0.05, 0.1) is 0 Å². The number of nitrogens with zero attached hydrogens (tertiary/aromatic N) is 1. The molecule has 1 heterocycles. The van der Waals surface area contributed by atoms with Crippen LogP contribution in [0.15, 0.2) is 0 Å². The van der Waals surface area contributed by atoms with Crippen LogP contribution in [0.25, 0.3) is 0 Å².